The lowest BCUT2D eigenvalue weighted by Crippen LogP contribution is -2.16. The number of fused-ring (bicyclic) bond motifs is 1. The quantitative estimate of drug-likeness (QED) is 0.467. The normalized spacial score (nSPS) is 11.3. The van der Waals surface area contributed by atoms with E-state index in [-0.39, 0.29) is 16.5 Å². The Morgan fingerprint density at radius 2 is 1.52 bits per heavy atom. The van der Waals surface area contributed by atoms with Crippen LogP contribution in [0.25, 0.3) is 10.1 Å². The highest BCUT2D eigenvalue weighted by atomic mass is 32.2. The van der Waals surface area contributed by atoms with E-state index in [2.05, 4.69) is 10.0 Å². The first-order valence-corrected chi connectivity index (χ1v) is 10.9. The summed E-state index contributed by atoms with van der Waals surface area (Å²) in [5.41, 5.74) is 0.534. The van der Waals surface area contributed by atoms with Crippen LogP contribution in [0.15, 0.2) is 83.8 Å². The fourth-order valence-corrected chi connectivity index (χ4v) is 4.81. The van der Waals surface area contributed by atoms with Gasteiger partial charge in [0, 0.05) is 4.70 Å². The van der Waals surface area contributed by atoms with Crippen molar-refractivity contribution in [3.8, 4) is 0 Å². The topological polar surface area (TPSA) is 75.3 Å². The largest absolute Gasteiger partial charge is 0.319 e. The van der Waals surface area contributed by atoms with E-state index in [0.717, 1.165) is 22.2 Å². The zero-order chi connectivity index (χ0) is 20.4. The average Bonchev–Trinajstić information content (AvgIpc) is 3.14. The maximum atomic E-state index is 13.1. The molecule has 8 heteroatoms. The second-order valence-electron chi connectivity index (χ2n) is 6.21. The molecule has 0 saturated heterocycles. The van der Waals surface area contributed by atoms with Gasteiger partial charge >= 0.3 is 0 Å². The number of nitrogens with one attached hydrogen (secondary N) is 2. The first-order chi connectivity index (χ1) is 13.9. The van der Waals surface area contributed by atoms with Gasteiger partial charge in [0.15, 0.2) is 0 Å². The zero-order valence-corrected chi connectivity index (χ0v) is 16.6. The van der Waals surface area contributed by atoms with Crippen molar-refractivity contribution in [1.82, 2.24) is 0 Å². The van der Waals surface area contributed by atoms with Crippen molar-refractivity contribution in [2.45, 2.75) is 4.90 Å². The molecule has 0 aliphatic rings. The fraction of sp³-hybridized carbons (Fsp3) is 0. The van der Waals surface area contributed by atoms with Crippen LogP contribution < -0.4 is 10.0 Å². The van der Waals surface area contributed by atoms with Gasteiger partial charge in [-0.25, -0.2) is 12.8 Å². The summed E-state index contributed by atoms with van der Waals surface area (Å²) >= 11 is 1.36. The number of halogens is 1. The molecular weight excluding hydrogens is 411 g/mol. The van der Waals surface area contributed by atoms with Crippen LogP contribution in [0.4, 0.5) is 15.8 Å². The SMILES string of the molecule is O=C(Nc1ccccc1NS(=O)(=O)c1ccc(F)cc1)c1cc2ccccc2s1. The number of sulfonamides is 1. The Morgan fingerprint density at radius 1 is 0.862 bits per heavy atom. The van der Waals surface area contributed by atoms with Crippen molar-refractivity contribution in [3.63, 3.8) is 0 Å². The molecule has 0 radical (unpaired) electrons. The van der Waals surface area contributed by atoms with E-state index in [1.165, 1.54) is 23.5 Å². The number of para-hydroxylation sites is 2. The predicted octanol–water partition coefficient (Wildman–Crippen LogP) is 5.09. The number of amides is 1. The van der Waals surface area contributed by atoms with E-state index in [9.17, 15) is 17.6 Å². The summed E-state index contributed by atoms with van der Waals surface area (Å²) in [4.78, 5) is 13.1. The van der Waals surface area contributed by atoms with E-state index in [4.69, 9.17) is 0 Å². The van der Waals surface area contributed by atoms with E-state index >= 15 is 0 Å². The molecule has 4 rings (SSSR count). The molecule has 1 heterocycles. The lowest BCUT2D eigenvalue weighted by atomic mass is 10.2. The Bertz CT molecular complexity index is 1270. The predicted molar refractivity (Wildman–Crippen MR) is 113 cm³/mol. The van der Waals surface area contributed by atoms with Gasteiger partial charge in [-0.2, -0.15) is 0 Å². The number of rotatable bonds is 5. The maximum Gasteiger partial charge on any atom is 0.265 e. The number of anilines is 2. The van der Waals surface area contributed by atoms with Crippen LogP contribution in [0.5, 0.6) is 0 Å². The van der Waals surface area contributed by atoms with Crippen molar-refractivity contribution < 1.29 is 17.6 Å². The fourth-order valence-electron chi connectivity index (χ4n) is 2.78. The molecule has 0 bridgehead atoms. The van der Waals surface area contributed by atoms with E-state index in [1.807, 2.05) is 24.3 Å². The first-order valence-electron chi connectivity index (χ1n) is 8.60. The first kappa shape index (κ1) is 19.1. The molecule has 2 N–H and O–H groups in total. The summed E-state index contributed by atoms with van der Waals surface area (Å²) in [6.07, 6.45) is 0. The van der Waals surface area contributed by atoms with Crippen molar-refractivity contribution in [1.29, 1.82) is 0 Å². The maximum absolute atomic E-state index is 13.1. The molecule has 29 heavy (non-hydrogen) atoms. The molecule has 0 aliphatic carbocycles. The van der Waals surface area contributed by atoms with Gasteiger partial charge in [0.2, 0.25) is 0 Å². The van der Waals surface area contributed by atoms with Gasteiger partial charge < -0.3 is 5.32 Å². The second kappa shape index (κ2) is 7.65. The molecule has 5 nitrogen and oxygen atoms in total. The minimum Gasteiger partial charge on any atom is -0.319 e. The van der Waals surface area contributed by atoms with E-state index in [0.29, 0.717) is 10.6 Å². The second-order valence-corrected chi connectivity index (χ2v) is 8.97. The number of carbonyl (C=O) groups is 1. The summed E-state index contributed by atoms with van der Waals surface area (Å²) in [6, 6.07) is 20.4. The molecule has 1 aromatic heterocycles. The van der Waals surface area contributed by atoms with Crippen LogP contribution in [0.3, 0.4) is 0 Å². The lowest BCUT2D eigenvalue weighted by molar-refractivity contribution is 0.103. The highest BCUT2D eigenvalue weighted by molar-refractivity contribution is 7.92. The molecule has 0 unspecified atom stereocenters. The Labute approximate surface area is 170 Å². The van der Waals surface area contributed by atoms with Crippen LogP contribution in [0, 0.1) is 5.82 Å². The summed E-state index contributed by atoms with van der Waals surface area (Å²) in [7, 11) is -3.94. The minimum atomic E-state index is -3.94. The number of thiophene rings is 1. The van der Waals surface area contributed by atoms with Gasteiger partial charge in [-0.05, 0) is 53.9 Å². The van der Waals surface area contributed by atoms with Crippen LogP contribution in [0.2, 0.25) is 0 Å². The highest BCUT2D eigenvalue weighted by Gasteiger charge is 2.18. The van der Waals surface area contributed by atoms with Gasteiger partial charge in [0.25, 0.3) is 15.9 Å². The number of hydrogen-bond donors (Lipinski definition) is 2. The Morgan fingerprint density at radius 3 is 2.24 bits per heavy atom. The molecule has 0 aliphatic heterocycles. The number of carbonyl (C=O) groups excluding carboxylic acids is 1. The zero-order valence-electron chi connectivity index (χ0n) is 14.9. The van der Waals surface area contributed by atoms with Gasteiger partial charge in [-0.1, -0.05) is 30.3 Å². The van der Waals surface area contributed by atoms with Crippen molar-refractivity contribution in [2.75, 3.05) is 10.0 Å². The molecule has 146 valence electrons. The van der Waals surface area contributed by atoms with Crippen molar-refractivity contribution in [2.24, 2.45) is 0 Å². The van der Waals surface area contributed by atoms with E-state index in [1.54, 1.807) is 30.3 Å². The van der Waals surface area contributed by atoms with E-state index < -0.39 is 15.8 Å². The Balaban J connectivity index is 1.59. The molecule has 0 saturated carbocycles. The standard InChI is InChI=1S/C21H15FN2O3S2/c22-15-9-11-16(12-10-15)29(26,27)24-18-7-3-2-6-17(18)23-21(25)20-13-14-5-1-4-8-19(14)28-20/h1-13,24H,(H,23,25). The third-order valence-electron chi connectivity index (χ3n) is 4.19. The van der Waals surface area contributed by atoms with Crippen LogP contribution in [-0.2, 0) is 10.0 Å². The van der Waals surface area contributed by atoms with Gasteiger partial charge in [-0.3, -0.25) is 9.52 Å². The molecular formula is C21H15FN2O3S2. The monoisotopic (exact) mass is 426 g/mol. The molecule has 3 aromatic carbocycles. The Hall–Kier alpha value is -3.23. The summed E-state index contributed by atoms with van der Waals surface area (Å²) in [5.74, 6) is -0.862. The lowest BCUT2D eigenvalue weighted by Gasteiger charge is -2.13. The van der Waals surface area contributed by atoms with Crippen LogP contribution >= 0.6 is 11.3 Å². The number of benzene rings is 3. The highest BCUT2D eigenvalue weighted by Crippen LogP contribution is 2.28. The van der Waals surface area contributed by atoms with Crippen LogP contribution in [-0.4, -0.2) is 14.3 Å². The summed E-state index contributed by atoms with van der Waals surface area (Å²) in [5, 5.41) is 3.72. The third kappa shape index (κ3) is 4.13. The summed E-state index contributed by atoms with van der Waals surface area (Å²) < 4.78 is 41.7. The molecule has 0 fully saturated rings. The average molecular weight is 426 g/mol. The minimum absolute atomic E-state index is 0.0791. The molecule has 1 amide bonds. The molecule has 0 atom stereocenters. The summed E-state index contributed by atoms with van der Waals surface area (Å²) in [6.45, 7) is 0. The van der Waals surface area contributed by atoms with Crippen molar-refractivity contribution in [3.05, 3.63) is 89.6 Å². The molecule has 0 spiro atoms. The third-order valence-corrected chi connectivity index (χ3v) is 6.69. The van der Waals surface area contributed by atoms with Gasteiger partial charge in [0.1, 0.15) is 5.82 Å². The van der Waals surface area contributed by atoms with Gasteiger partial charge in [-0.15, -0.1) is 11.3 Å². The van der Waals surface area contributed by atoms with Crippen molar-refractivity contribution >= 4 is 48.7 Å². The molecule has 4 aromatic rings. The number of hydrogen-bond acceptors (Lipinski definition) is 4. The van der Waals surface area contributed by atoms with Gasteiger partial charge in [0.05, 0.1) is 21.1 Å². The Kier molecular flexibility index (Phi) is 5.04. The van der Waals surface area contributed by atoms with Crippen LogP contribution in [0.1, 0.15) is 9.67 Å². The smallest absolute Gasteiger partial charge is 0.265 e.